The average molecular weight is 260 g/mol. The molecule has 0 spiro atoms. The van der Waals surface area contributed by atoms with Crippen molar-refractivity contribution in [2.75, 3.05) is 6.54 Å². The van der Waals surface area contributed by atoms with Gasteiger partial charge >= 0.3 is 0 Å². The first-order chi connectivity index (χ1) is 9.29. The van der Waals surface area contributed by atoms with E-state index in [1.165, 1.54) is 18.4 Å². The lowest BCUT2D eigenvalue weighted by Crippen LogP contribution is -2.40. The first-order valence-electron chi connectivity index (χ1n) is 7.37. The Labute approximate surface area is 115 Å². The molecule has 1 aliphatic carbocycles. The average Bonchev–Trinajstić information content (AvgIpc) is 2.93. The van der Waals surface area contributed by atoms with Gasteiger partial charge in [0.2, 0.25) is 5.91 Å². The van der Waals surface area contributed by atoms with Crippen LogP contribution in [0.3, 0.4) is 0 Å². The van der Waals surface area contributed by atoms with E-state index in [1.54, 1.807) is 0 Å². The molecule has 0 aliphatic heterocycles. The van der Waals surface area contributed by atoms with Gasteiger partial charge in [-0.3, -0.25) is 4.79 Å². The maximum atomic E-state index is 11.9. The molecule has 3 nitrogen and oxygen atoms in total. The fraction of sp³-hybridized carbons (Fsp3) is 0.562. The van der Waals surface area contributed by atoms with Gasteiger partial charge in [0.15, 0.2) is 0 Å². The van der Waals surface area contributed by atoms with Crippen molar-refractivity contribution in [3.05, 3.63) is 35.9 Å². The van der Waals surface area contributed by atoms with E-state index in [0.29, 0.717) is 12.6 Å². The Morgan fingerprint density at radius 2 is 1.95 bits per heavy atom. The Bertz CT molecular complexity index is 385. The van der Waals surface area contributed by atoms with Crippen molar-refractivity contribution in [1.82, 2.24) is 10.6 Å². The Balaban J connectivity index is 1.78. The molecule has 1 atom stereocenters. The zero-order valence-corrected chi connectivity index (χ0v) is 11.7. The summed E-state index contributed by atoms with van der Waals surface area (Å²) in [6, 6.07) is 11.0. The van der Waals surface area contributed by atoms with Crippen LogP contribution in [-0.4, -0.2) is 18.5 Å². The molecule has 2 rings (SSSR count). The van der Waals surface area contributed by atoms with Crippen molar-refractivity contribution >= 4 is 5.91 Å². The highest BCUT2D eigenvalue weighted by Gasteiger charge is 2.17. The van der Waals surface area contributed by atoms with E-state index in [2.05, 4.69) is 29.7 Å². The molecule has 1 aromatic carbocycles. The van der Waals surface area contributed by atoms with Crippen LogP contribution in [0.25, 0.3) is 0 Å². The summed E-state index contributed by atoms with van der Waals surface area (Å²) in [7, 11) is 0. The van der Waals surface area contributed by atoms with Gasteiger partial charge in [-0.25, -0.2) is 0 Å². The number of hydrogen-bond acceptors (Lipinski definition) is 2. The third-order valence-corrected chi connectivity index (χ3v) is 3.84. The Kier molecular flexibility index (Phi) is 5.40. The van der Waals surface area contributed by atoms with Gasteiger partial charge in [0.25, 0.3) is 0 Å². The zero-order valence-electron chi connectivity index (χ0n) is 11.7. The first-order valence-corrected chi connectivity index (χ1v) is 7.37. The molecule has 2 N–H and O–H groups in total. The molecule has 0 bridgehead atoms. The molecule has 1 aromatic rings. The third kappa shape index (κ3) is 4.35. The van der Waals surface area contributed by atoms with Crippen molar-refractivity contribution in [2.24, 2.45) is 0 Å². The highest BCUT2D eigenvalue weighted by atomic mass is 16.1. The molecule has 1 fully saturated rings. The summed E-state index contributed by atoms with van der Waals surface area (Å²) < 4.78 is 0. The van der Waals surface area contributed by atoms with Crippen molar-refractivity contribution in [1.29, 1.82) is 0 Å². The summed E-state index contributed by atoms with van der Waals surface area (Å²) in [4.78, 5) is 11.9. The van der Waals surface area contributed by atoms with E-state index >= 15 is 0 Å². The number of amides is 1. The van der Waals surface area contributed by atoms with E-state index in [0.717, 1.165) is 19.3 Å². The summed E-state index contributed by atoms with van der Waals surface area (Å²) in [5.74, 6) is 0.126. The van der Waals surface area contributed by atoms with Crippen LogP contribution >= 0.6 is 0 Å². The molecule has 1 unspecified atom stereocenters. The quantitative estimate of drug-likeness (QED) is 0.826. The lowest BCUT2D eigenvalue weighted by atomic mass is 10.0. The van der Waals surface area contributed by atoms with Crippen LogP contribution < -0.4 is 10.6 Å². The second-order valence-electron chi connectivity index (χ2n) is 5.30. The van der Waals surface area contributed by atoms with Crippen LogP contribution in [-0.2, 0) is 4.79 Å². The molecule has 19 heavy (non-hydrogen) atoms. The summed E-state index contributed by atoms with van der Waals surface area (Å²) in [6.07, 6.45) is 5.77. The van der Waals surface area contributed by atoms with Gasteiger partial charge in [-0.1, -0.05) is 50.1 Å². The maximum Gasteiger partial charge on any atom is 0.234 e. The lowest BCUT2D eigenvalue weighted by Gasteiger charge is -2.18. The normalized spacial score (nSPS) is 17.3. The van der Waals surface area contributed by atoms with Gasteiger partial charge in [0.05, 0.1) is 6.54 Å². The Morgan fingerprint density at radius 1 is 1.26 bits per heavy atom. The van der Waals surface area contributed by atoms with Crippen molar-refractivity contribution in [3.63, 3.8) is 0 Å². The topological polar surface area (TPSA) is 41.1 Å². The number of rotatable bonds is 6. The summed E-state index contributed by atoms with van der Waals surface area (Å²) >= 11 is 0. The fourth-order valence-corrected chi connectivity index (χ4v) is 2.75. The second kappa shape index (κ2) is 7.29. The molecule has 1 amide bonds. The molecule has 1 saturated carbocycles. The number of hydrogen-bond donors (Lipinski definition) is 2. The minimum atomic E-state index is 0.126. The molecule has 104 valence electrons. The minimum Gasteiger partial charge on any atom is -0.352 e. The van der Waals surface area contributed by atoms with Gasteiger partial charge in [0.1, 0.15) is 0 Å². The SMILES string of the molecule is CCC(NCC(=O)NC1CCCC1)c1ccccc1. The molecule has 3 heteroatoms. The monoisotopic (exact) mass is 260 g/mol. The maximum absolute atomic E-state index is 11.9. The van der Waals surface area contributed by atoms with E-state index in [-0.39, 0.29) is 11.9 Å². The third-order valence-electron chi connectivity index (χ3n) is 3.84. The van der Waals surface area contributed by atoms with Crippen LogP contribution in [0.4, 0.5) is 0 Å². The van der Waals surface area contributed by atoms with Crippen molar-refractivity contribution in [2.45, 2.75) is 51.1 Å². The van der Waals surface area contributed by atoms with Gasteiger partial charge in [0, 0.05) is 12.1 Å². The summed E-state index contributed by atoms with van der Waals surface area (Å²) in [5.41, 5.74) is 1.25. The molecule has 0 radical (unpaired) electrons. The van der Waals surface area contributed by atoms with Crippen LogP contribution in [0.15, 0.2) is 30.3 Å². The van der Waals surface area contributed by atoms with E-state index in [1.807, 2.05) is 18.2 Å². The molecule has 1 aliphatic rings. The van der Waals surface area contributed by atoms with Gasteiger partial charge in [-0.05, 0) is 24.8 Å². The number of carbonyl (C=O) groups excluding carboxylic acids is 1. The molecule has 0 heterocycles. The predicted octanol–water partition coefficient (Wildman–Crippen LogP) is 2.79. The fourth-order valence-electron chi connectivity index (χ4n) is 2.75. The standard InChI is InChI=1S/C16H24N2O/c1-2-15(13-8-4-3-5-9-13)17-12-16(19)18-14-10-6-7-11-14/h3-5,8-9,14-15,17H,2,6-7,10-12H2,1H3,(H,18,19). The van der Waals surface area contributed by atoms with Crippen molar-refractivity contribution < 1.29 is 4.79 Å². The van der Waals surface area contributed by atoms with Crippen LogP contribution in [0.1, 0.15) is 50.6 Å². The smallest absolute Gasteiger partial charge is 0.234 e. The molecular weight excluding hydrogens is 236 g/mol. The van der Waals surface area contributed by atoms with Crippen LogP contribution in [0.5, 0.6) is 0 Å². The van der Waals surface area contributed by atoms with E-state index in [4.69, 9.17) is 0 Å². The highest BCUT2D eigenvalue weighted by Crippen LogP contribution is 2.18. The number of benzene rings is 1. The van der Waals surface area contributed by atoms with E-state index in [9.17, 15) is 4.79 Å². The molecular formula is C16H24N2O. The van der Waals surface area contributed by atoms with Gasteiger partial charge in [-0.2, -0.15) is 0 Å². The predicted molar refractivity (Wildman–Crippen MR) is 77.9 cm³/mol. The lowest BCUT2D eigenvalue weighted by molar-refractivity contribution is -0.121. The zero-order chi connectivity index (χ0) is 13.5. The number of nitrogens with one attached hydrogen (secondary N) is 2. The minimum absolute atomic E-state index is 0.126. The van der Waals surface area contributed by atoms with Gasteiger partial charge in [-0.15, -0.1) is 0 Å². The van der Waals surface area contributed by atoms with Gasteiger partial charge < -0.3 is 10.6 Å². The van der Waals surface area contributed by atoms with E-state index < -0.39 is 0 Å². The largest absolute Gasteiger partial charge is 0.352 e. The summed E-state index contributed by atoms with van der Waals surface area (Å²) in [5, 5.41) is 6.46. The number of carbonyl (C=O) groups is 1. The Morgan fingerprint density at radius 3 is 2.58 bits per heavy atom. The second-order valence-corrected chi connectivity index (χ2v) is 5.30. The highest BCUT2D eigenvalue weighted by molar-refractivity contribution is 5.78. The Hall–Kier alpha value is -1.35. The van der Waals surface area contributed by atoms with Crippen LogP contribution in [0.2, 0.25) is 0 Å². The first kappa shape index (κ1) is 14.1. The molecule has 0 saturated heterocycles. The van der Waals surface area contributed by atoms with Crippen LogP contribution in [0, 0.1) is 0 Å². The molecule has 0 aromatic heterocycles. The summed E-state index contributed by atoms with van der Waals surface area (Å²) in [6.45, 7) is 2.55. The van der Waals surface area contributed by atoms with Crippen molar-refractivity contribution in [3.8, 4) is 0 Å².